The maximum absolute atomic E-state index is 11.0. The van der Waals surface area contributed by atoms with Gasteiger partial charge in [-0.25, -0.2) is 5.84 Å². The predicted molar refractivity (Wildman–Crippen MR) is 44.7 cm³/mol. The number of nitrogens with two attached hydrogens (primary N) is 1. The molecule has 1 rings (SSSR count). The molecule has 0 saturated carbocycles. The van der Waals surface area contributed by atoms with Crippen LogP contribution in [-0.2, 0) is 4.79 Å². The van der Waals surface area contributed by atoms with Gasteiger partial charge in [0.15, 0.2) is 0 Å². The Labute approximate surface area is 70.7 Å². The molecule has 2 atom stereocenters. The fourth-order valence-electron chi connectivity index (χ4n) is 1.11. The van der Waals surface area contributed by atoms with E-state index in [9.17, 15) is 9.90 Å². The molecule has 0 radical (unpaired) electrons. The molecule has 12 heavy (non-hydrogen) atoms. The average Bonchev–Trinajstić information content (AvgIpc) is 2.08. The van der Waals surface area contributed by atoms with Gasteiger partial charge in [-0.1, -0.05) is 25.2 Å². The molecule has 0 aliphatic heterocycles. The molecule has 0 aromatic heterocycles. The summed E-state index contributed by atoms with van der Waals surface area (Å²) in [6.07, 6.45) is 4.38. The summed E-state index contributed by atoms with van der Waals surface area (Å²) in [6.45, 7) is 1.83. The lowest BCUT2D eigenvalue weighted by molar-refractivity contribution is -0.118. The first-order valence-corrected chi connectivity index (χ1v) is 3.74. The average molecular weight is 168 g/mol. The van der Waals surface area contributed by atoms with E-state index in [1.165, 1.54) is 0 Å². The van der Waals surface area contributed by atoms with Crippen LogP contribution in [0.5, 0.6) is 0 Å². The van der Waals surface area contributed by atoms with E-state index in [1.54, 1.807) is 12.2 Å². The number of carbonyl (C=O) groups excluding carboxylic acids is 1. The third-order valence-corrected chi connectivity index (χ3v) is 1.90. The molecule has 4 heteroatoms. The molecule has 0 fully saturated rings. The number of aliphatic hydroxyl groups excluding tert-OH is 1. The number of amides is 1. The van der Waals surface area contributed by atoms with Crippen molar-refractivity contribution in [2.75, 3.05) is 0 Å². The summed E-state index contributed by atoms with van der Waals surface area (Å²) in [6, 6.07) is 0. The molecule has 0 saturated heterocycles. The SMILES string of the molecule is CC1C=CC=C(C(=O)NN)C1O. The van der Waals surface area contributed by atoms with E-state index in [0.717, 1.165) is 0 Å². The van der Waals surface area contributed by atoms with E-state index >= 15 is 0 Å². The highest BCUT2D eigenvalue weighted by Gasteiger charge is 2.23. The monoisotopic (exact) mass is 168 g/mol. The van der Waals surface area contributed by atoms with Gasteiger partial charge in [0, 0.05) is 11.5 Å². The minimum atomic E-state index is -0.751. The van der Waals surface area contributed by atoms with Crippen molar-refractivity contribution in [1.29, 1.82) is 0 Å². The molecule has 66 valence electrons. The molecule has 4 nitrogen and oxygen atoms in total. The van der Waals surface area contributed by atoms with E-state index < -0.39 is 12.0 Å². The van der Waals surface area contributed by atoms with Crippen LogP contribution in [0.1, 0.15) is 6.92 Å². The molecule has 0 spiro atoms. The van der Waals surface area contributed by atoms with Crippen LogP contribution in [-0.4, -0.2) is 17.1 Å². The highest BCUT2D eigenvalue weighted by molar-refractivity contribution is 5.94. The molecule has 4 N–H and O–H groups in total. The minimum Gasteiger partial charge on any atom is -0.388 e. The van der Waals surface area contributed by atoms with Gasteiger partial charge in [-0.05, 0) is 0 Å². The summed E-state index contributed by atoms with van der Waals surface area (Å²) >= 11 is 0. The highest BCUT2D eigenvalue weighted by atomic mass is 16.3. The topological polar surface area (TPSA) is 75.4 Å². The number of hydrogen-bond donors (Lipinski definition) is 3. The van der Waals surface area contributed by atoms with Crippen molar-refractivity contribution in [3.05, 3.63) is 23.8 Å². The number of rotatable bonds is 1. The number of nitrogens with one attached hydrogen (secondary N) is 1. The van der Waals surface area contributed by atoms with E-state index in [-0.39, 0.29) is 5.92 Å². The van der Waals surface area contributed by atoms with Crippen LogP contribution in [0.25, 0.3) is 0 Å². The summed E-state index contributed by atoms with van der Waals surface area (Å²) in [5.74, 6) is 4.46. The predicted octanol–water partition coefficient (Wildman–Crippen LogP) is -0.530. The Balaban J connectivity index is 2.82. The lowest BCUT2D eigenvalue weighted by Gasteiger charge is -2.20. The number of allylic oxidation sites excluding steroid dienone is 2. The normalized spacial score (nSPS) is 28.1. The number of hydrazine groups is 1. The number of carbonyl (C=O) groups is 1. The van der Waals surface area contributed by atoms with Gasteiger partial charge in [-0.3, -0.25) is 10.2 Å². The van der Waals surface area contributed by atoms with Crippen molar-refractivity contribution in [2.24, 2.45) is 11.8 Å². The molecule has 1 aliphatic rings. The van der Waals surface area contributed by atoms with E-state index in [4.69, 9.17) is 5.84 Å². The van der Waals surface area contributed by atoms with Gasteiger partial charge in [0.05, 0.1) is 6.10 Å². The van der Waals surface area contributed by atoms with E-state index in [1.807, 2.05) is 18.4 Å². The van der Waals surface area contributed by atoms with Crippen molar-refractivity contribution in [2.45, 2.75) is 13.0 Å². The van der Waals surface area contributed by atoms with Crippen LogP contribution < -0.4 is 11.3 Å². The van der Waals surface area contributed by atoms with Gasteiger partial charge in [-0.2, -0.15) is 0 Å². The molecular weight excluding hydrogens is 156 g/mol. The third kappa shape index (κ3) is 1.54. The Morgan fingerprint density at radius 3 is 3.00 bits per heavy atom. The fraction of sp³-hybridized carbons (Fsp3) is 0.375. The second-order valence-corrected chi connectivity index (χ2v) is 2.78. The quantitative estimate of drug-likeness (QED) is 0.280. The largest absolute Gasteiger partial charge is 0.388 e. The Bertz CT molecular complexity index is 245. The van der Waals surface area contributed by atoms with Crippen molar-refractivity contribution < 1.29 is 9.90 Å². The van der Waals surface area contributed by atoms with Gasteiger partial charge in [-0.15, -0.1) is 0 Å². The van der Waals surface area contributed by atoms with Gasteiger partial charge >= 0.3 is 0 Å². The molecular formula is C8H12N2O2. The first-order chi connectivity index (χ1) is 5.66. The first kappa shape index (κ1) is 8.96. The molecule has 0 bridgehead atoms. The van der Waals surface area contributed by atoms with E-state index in [2.05, 4.69) is 0 Å². The Morgan fingerprint density at radius 2 is 2.42 bits per heavy atom. The summed E-state index contributed by atoms with van der Waals surface area (Å²) in [4.78, 5) is 11.0. The number of aliphatic hydroxyl groups is 1. The van der Waals surface area contributed by atoms with Crippen molar-refractivity contribution in [1.82, 2.24) is 5.43 Å². The fourth-order valence-corrected chi connectivity index (χ4v) is 1.11. The zero-order valence-corrected chi connectivity index (χ0v) is 6.82. The molecule has 2 unspecified atom stereocenters. The summed E-state index contributed by atoms with van der Waals surface area (Å²) in [7, 11) is 0. The van der Waals surface area contributed by atoms with Gasteiger partial charge in [0.25, 0.3) is 5.91 Å². The summed E-state index contributed by atoms with van der Waals surface area (Å²) < 4.78 is 0. The standard InChI is InChI=1S/C8H12N2O2/c1-5-3-2-4-6(7(5)11)8(12)10-9/h2-5,7,11H,9H2,1H3,(H,10,12). The first-order valence-electron chi connectivity index (χ1n) is 3.74. The molecule has 0 aromatic rings. The summed E-state index contributed by atoms with van der Waals surface area (Å²) in [5.41, 5.74) is 2.30. The van der Waals surface area contributed by atoms with Crippen molar-refractivity contribution in [3.8, 4) is 0 Å². The zero-order chi connectivity index (χ0) is 9.14. The number of hydrogen-bond acceptors (Lipinski definition) is 3. The molecule has 1 amide bonds. The lowest BCUT2D eigenvalue weighted by atomic mass is 9.92. The molecule has 0 aromatic carbocycles. The summed E-state index contributed by atoms with van der Waals surface area (Å²) in [5, 5.41) is 9.50. The third-order valence-electron chi connectivity index (χ3n) is 1.90. The van der Waals surface area contributed by atoms with Crippen LogP contribution in [0.3, 0.4) is 0 Å². The molecule has 1 aliphatic carbocycles. The Kier molecular flexibility index (Phi) is 2.62. The Morgan fingerprint density at radius 1 is 1.75 bits per heavy atom. The van der Waals surface area contributed by atoms with Crippen molar-refractivity contribution >= 4 is 5.91 Å². The van der Waals surface area contributed by atoms with Gasteiger partial charge in [0.2, 0.25) is 0 Å². The second-order valence-electron chi connectivity index (χ2n) is 2.78. The van der Waals surface area contributed by atoms with Crippen LogP contribution in [0.4, 0.5) is 0 Å². The van der Waals surface area contributed by atoms with Crippen LogP contribution in [0.2, 0.25) is 0 Å². The smallest absolute Gasteiger partial charge is 0.263 e. The van der Waals surface area contributed by atoms with Crippen LogP contribution in [0, 0.1) is 5.92 Å². The van der Waals surface area contributed by atoms with Gasteiger partial charge < -0.3 is 5.11 Å². The van der Waals surface area contributed by atoms with E-state index in [0.29, 0.717) is 5.57 Å². The van der Waals surface area contributed by atoms with Crippen LogP contribution in [0.15, 0.2) is 23.8 Å². The highest BCUT2D eigenvalue weighted by Crippen LogP contribution is 2.18. The molecule has 0 heterocycles. The maximum atomic E-state index is 11.0. The minimum absolute atomic E-state index is 0.0395. The zero-order valence-electron chi connectivity index (χ0n) is 6.82. The van der Waals surface area contributed by atoms with Gasteiger partial charge in [0.1, 0.15) is 0 Å². The maximum Gasteiger partial charge on any atom is 0.263 e. The Hall–Kier alpha value is -1.13. The lowest BCUT2D eigenvalue weighted by Crippen LogP contribution is -2.37. The van der Waals surface area contributed by atoms with Crippen molar-refractivity contribution in [3.63, 3.8) is 0 Å². The second kappa shape index (κ2) is 3.51. The van der Waals surface area contributed by atoms with Crippen LogP contribution >= 0.6 is 0 Å².